The SMILES string of the molecule is CC/C=C\C/C=C\C/C=C\C/C=C\C/C=C\C/C=C\C/C=C\C/C=C\C/C=C\C/C=C\CCCCCCC(=O)OCC(COC(=O)CCCCCCC/C=C\CCCCC)OC(=O)C/C=C\C/C=C\C/C=C\C/C=C\C/C=C\CC. The Bertz CT molecular complexity index is 1930. The Hall–Kier alpha value is -5.75. The summed E-state index contributed by atoms with van der Waals surface area (Å²) in [5.74, 6) is -1.12. The number of hydrogen-bond acceptors (Lipinski definition) is 6. The Morgan fingerprint density at radius 3 is 0.838 bits per heavy atom. The number of carbonyl (C=O) groups is 3. The molecule has 1 atom stereocenters. The van der Waals surface area contributed by atoms with Crippen LogP contribution in [0, 0.1) is 0 Å². The normalized spacial score (nSPS) is 13.5. The highest BCUT2D eigenvalue weighted by molar-refractivity contribution is 5.72. The van der Waals surface area contributed by atoms with Gasteiger partial charge in [0.1, 0.15) is 13.2 Å². The second-order valence-corrected chi connectivity index (χ2v) is 19.9. The van der Waals surface area contributed by atoms with Crippen LogP contribution in [0.4, 0.5) is 0 Å². The predicted molar refractivity (Wildman–Crippen MR) is 347 cm³/mol. The molecule has 0 aromatic rings. The largest absolute Gasteiger partial charge is 0.462 e. The lowest BCUT2D eigenvalue weighted by Gasteiger charge is -2.18. The van der Waals surface area contributed by atoms with Crippen molar-refractivity contribution in [3.63, 3.8) is 0 Å². The summed E-state index contributed by atoms with van der Waals surface area (Å²) in [5, 5.41) is 0. The van der Waals surface area contributed by atoms with Crippen molar-refractivity contribution in [2.75, 3.05) is 13.2 Å². The summed E-state index contributed by atoms with van der Waals surface area (Å²) >= 11 is 0. The molecule has 0 saturated carbocycles. The third-order valence-electron chi connectivity index (χ3n) is 12.3. The Kier molecular flexibility index (Phi) is 61.0. The minimum Gasteiger partial charge on any atom is -0.462 e. The summed E-state index contributed by atoms with van der Waals surface area (Å²) in [6, 6.07) is 0. The van der Waals surface area contributed by atoms with E-state index >= 15 is 0 Å². The molecular formula is C74H112O6. The molecule has 0 heterocycles. The molecule has 0 spiro atoms. The van der Waals surface area contributed by atoms with Crippen molar-refractivity contribution < 1.29 is 28.6 Å². The number of allylic oxidation sites excluding steroid dienone is 31. The van der Waals surface area contributed by atoms with Crippen molar-refractivity contribution in [3.8, 4) is 0 Å². The van der Waals surface area contributed by atoms with Crippen LogP contribution in [0.2, 0.25) is 0 Å². The zero-order valence-corrected chi connectivity index (χ0v) is 50.8. The molecule has 0 bridgehead atoms. The second-order valence-electron chi connectivity index (χ2n) is 19.9. The van der Waals surface area contributed by atoms with Gasteiger partial charge in [-0.05, 0) is 148 Å². The van der Waals surface area contributed by atoms with E-state index in [1.165, 1.54) is 32.1 Å². The first-order valence-electron chi connectivity index (χ1n) is 31.4. The molecule has 0 rings (SSSR count). The van der Waals surface area contributed by atoms with Gasteiger partial charge >= 0.3 is 17.9 Å². The van der Waals surface area contributed by atoms with Gasteiger partial charge in [0, 0.05) is 12.8 Å². The Morgan fingerprint density at radius 2 is 0.525 bits per heavy atom. The van der Waals surface area contributed by atoms with Gasteiger partial charge in [-0.15, -0.1) is 0 Å². The fraction of sp³-hybridized carbons (Fsp3) is 0.527. The maximum absolute atomic E-state index is 12.8. The van der Waals surface area contributed by atoms with Crippen molar-refractivity contribution in [3.05, 3.63) is 194 Å². The summed E-state index contributed by atoms with van der Waals surface area (Å²) in [6.45, 7) is 6.25. The van der Waals surface area contributed by atoms with E-state index in [9.17, 15) is 14.4 Å². The summed E-state index contributed by atoms with van der Waals surface area (Å²) in [7, 11) is 0. The van der Waals surface area contributed by atoms with Gasteiger partial charge in [-0.25, -0.2) is 0 Å². The molecule has 6 heteroatoms. The minimum atomic E-state index is -0.857. The van der Waals surface area contributed by atoms with Gasteiger partial charge in [0.2, 0.25) is 0 Å². The van der Waals surface area contributed by atoms with E-state index in [0.717, 1.165) is 154 Å². The van der Waals surface area contributed by atoms with E-state index in [4.69, 9.17) is 14.2 Å². The lowest BCUT2D eigenvalue weighted by Crippen LogP contribution is -2.30. The predicted octanol–water partition coefficient (Wildman–Crippen LogP) is 21.8. The van der Waals surface area contributed by atoms with E-state index < -0.39 is 12.1 Å². The third kappa shape index (κ3) is 63.1. The zero-order chi connectivity index (χ0) is 57.8. The van der Waals surface area contributed by atoms with Crippen molar-refractivity contribution >= 4 is 17.9 Å². The molecule has 0 aromatic carbocycles. The molecule has 0 fully saturated rings. The van der Waals surface area contributed by atoms with Crippen molar-refractivity contribution in [1.82, 2.24) is 0 Å². The molecule has 444 valence electrons. The molecule has 6 nitrogen and oxygen atoms in total. The maximum Gasteiger partial charge on any atom is 0.310 e. The molecular weight excluding hydrogens is 985 g/mol. The summed E-state index contributed by atoms with van der Waals surface area (Å²) in [5.41, 5.74) is 0. The lowest BCUT2D eigenvalue weighted by molar-refractivity contribution is -0.166. The highest BCUT2D eigenvalue weighted by atomic mass is 16.6. The molecule has 80 heavy (non-hydrogen) atoms. The van der Waals surface area contributed by atoms with E-state index in [1.54, 1.807) is 6.08 Å². The van der Waals surface area contributed by atoms with Crippen molar-refractivity contribution in [2.24, 2.45) is 0 Å². The first kappa shape index (κ1) is 74.2. The van der Waals surface area contributed by atoms with Gasteiger partial charge in [0.05, 0.1) is 6.42 Å². The number of rotatable bonds is 54. The molecule has 0 N–H and O–H groups in total. The van der Waals surface area contributed by atoms with E-state index in [1.807, 2.05) is 6.08 Å². The molecule has 0 radical (unpaired) electrons. The van der Waals surface area contributed by atoms with Crippen LogP contribution in [-0.2, 0) is 28.6 Å². The third-order valence-corrected chi connectivity index (χ3v) is 12.3. The molecule has 0 saturated heterocycles. The quantitative estimate of drug-likeness (QED) is 0.0261. The van der Waals surface area contributed by atoms with Crippen LogP contribution in [0.25, 0.3) is 0 Å². The highest BCUT2D eigenvalue weighted by Crippen LogP contribution is 2.12. The summed E-state index contributed by atoms with van der Waals surface area (Å²) in [4.78, 5) is 38.1. The fourth-order valence-electron chi connectivity index (χ4n) is 7.72. The number of ether oxygens (including phenoxy) is 3. The number of carbonyl (C=O) groups excluding carboxylic acids is 3. The topological polar surface area (TPSA) is 78.9 Å². The Morgan fingerprint density at radius 1 is 0.275 bits per heavy atom. The number of esters is 3. The Labute approximate surface area is 490 Å². The first-order valence-corrected chi connectivity index (χ1v) is 31.4. The maximum atomic E-state index is 12.8. The standard InChI is InChI=1S/C74H112O6/c1-4-7-10-13-16-19-22-25-27-28-29-30-31-32-33-34-35-36-37-38-39-40-41-42-43-44-45-46-48-49-52-55-58-61-64-67-73(76)79-70-71(69-78-72(75)66-63-60-57-54-51-24-21-18-15-12-9-6-3)80-74(77)68-65-62-59-56-53-50-47-26-23-20-17-14-11-8-5-2/h7-8,10-11,16-21,25-27,29-30,32-33,35-36,38-39,41-42,44-45,47-49,53,56,62,65,71H,4-6,9,12-15,22-24,28,31,34,37,40,43,46,50-52,54-55,57-61,63-64,66-70H2,1-3H3/b10-7-,11-8-,19-16-,20-17-,21-18-,27-25-,30-29-,33-32-,36-35-,39-38-,42-41-,45-44-,47-26-,49-48-,56-53-,65-62-. The fourth-order valence-corrected chi connectivity index (χ4v) is 7.72. The van der Waals surface area contributed by atoms with Crippen molar-refractivity contribution in [2.45, 2.75) is 239 Å². The lowest BCUT2D eigenvalue weighted by atomic mass is 10.1. The van der Waals surface area contributed by atoms with Crippen LogP contribution in [-0.4, -0.2) is 37.2 Å². The Balaban J connectivity index is 4.40. The van der Waals surface area contributed by atoms with Gasteiger partial charge in [-0.3, -0.25) is 14.4 Å². The van der Waals surface area contributed by atoms with Gasteiger partial charge < -0.3 is 14.2 Å². The smallest absolute Gasteiger partial charge is 0.310 e. The zero-order valence-electron chi connectivity index (χ0n) is 50.8. The molecule has 0 amide bonds. The van der Waals surface area contributed by atoms with E-state index in [2.05, 4.69) is 203 Å². The second kappa shape index (κ2) is 65.8. The van der Waals surface area contributed by atoms with Gasteiger partial charge in [-0.1, -0.05) is 260 Å². The van der Waals surface area contributed by atoms with Gasteiger partial charge in [0.25, 0.3) is 0 Å². The monoisotopic (exact) mass is 1100 g/mol. The number of hydrogen-bond donors (Lipinski definition) is 0. The molecule has 0 aliphatic rings. The van der Waals surface area contributed by atoms with Crippen molar-refractivity contribution in [1.29, 1.82) is 0 Å². The molecule has 0 aliphatic heterocycles. The van der Waals surface area contributed by atoms with Gasteiger partial charge in [0.15, 0.2) is 6.10 Å². The summed E-state index contributed by atoms with van der Waals surface area (Å²) in [6.07, 6.45) is 100. The molecule has 0 aliphatic carbocycles. The minimum absolute atomic E-state index is 0.0797. The van der Waals surface area contributed by atoms with Crippen LogP contribution in [0.15, 0.2) is 194 Å². The molecule has 1 unspecified atom stereocenters. The van der Waals surface area contributed by atoms with E-state index in [0.29, 0.717) is 19.3 Å². The van der Waals surface area contributed by atoms with Crippen LogP contribution in [0.3, 0.4) is 0 Å². The highest BCUT2D eigenvalue weighted by Gasteiger charge is 2.19. The van der Waals surface area contributed by atoms with Crippen LogP contribution in [0.5, 0.6) is 0 Å². The van der Waals surface area contributed by atoms with Crippen LogP contribution >= 0.6 is 0 Å². The van der Waals surface area contributed by atoms with E-state index in [-0.39, 0.29) is 31.6 Å². The average Bonchev–Trinajstić information content (AvgIpc) is 3.46. The first-order chi connectivity index (χ1) is 39.5. The average molecular weight is 1100 g/mol. The molecule has 0 aromatic heterocycles. The van der Waals surface area contributed by atoms with Crippen LogP contribution in [0.1, 0.15) is 233 Å². The summed E-state index contributed by atoms with van der Waals surface area (Å²) < 4.78 is 16.7. The van der Waals surface area contributed by atoms with Crippen LogP contribution < -0.4 is 0 Å². The van der Waals surface area contributed by atoms with Gasteiger partial charge in [-0.2, -0.15) is 0 Å². The number of unbranched alkanes of at least 4 members (excludes halogenated alkanes) is 12.